The molecule has 1 unspecified atom stereocenters. The van der Waals surface area contributed by atoms with Crippen molar-refractivity contribution in [3.63, 3.8) is 0 Å². The first-order valence-electron chi connectivity index (χ1n) is 8.64. The molecular formula is C18H23N5O2S. The van der Waals surface area contributed by atoms with Crippen molar-refractivity contribution in [3.05, 3.63) is 35.0 Å². The lowest BCUT2D eigenvalue weighted by Crippen LogP contribution is -2.17. The summed E-state index contributed by atoms with van der Waals surface area (Å²) in [6.45, 7) is 9.74. The predicted molar refractivity (Wildman–Crippen MR) is 103 cm³/mol. The third kappa shape index (κ3) is 3.85. The summed E-state index contributed by atoms with van der Waals surface area (Å²) in [5.74, 6) is 1.54. The molecule has 0 radical (unpaired) electrons. The zero-order valence-corrected chi connectivity index (χ0v) is 16.3. The average molecular weight is 373 g/mol. The smallest absolute Gasteiger partial charge is 0.348 e. The summed E-state index contributed by atoms with van der Waals surface area (Å²) in [6.07, 6.45) is 5.56. The number of imidazole rings is 1. The van der Waals surface area contributed by atoms with Crippen LogP contribution < -0.4 is 5.32 Å². The summed E-state index contributed by atoms with van der Waals surface area (Å²) in [5.41, 5.74) is 0.869. The normalized spacial score (nSPS) is 12.3. The molecule has 1 N–H and O–H groups in total. The Bertz CT molecular complexity index is 904. The van der Waals surface area contributed by atoms with Gasteiger partial charge in [0.05, 0.1) is 18.3 Å². The van der Waals surface area contributed by atoms with Gasteiger partial charge >= 0.3 is 5.97 Å². The average Bonchev–Trinajstić information content (AvgIpc) is 3.21. The van der Waals surface area contributed by atoms with Crippen LogP contribution in [-0.2, 0) is 11.3 Å². The summed E-state index contributed by atoms with van der Waals surface area (Å²) < 4.78 is 7.22. The Hall–Kier alpha value is -2.48. The molecule has 3 rings (SSSR count). The highest BCUT2D eigenvalue weighted by Crippen LogP contribution is 2.34. The van der Waals surface area contributed by atoms with Gasteiger partial charge in [-0.15, -0.1) is 11.3 Å². The predicted octanol–water partition coefficient (Wildman–Crippen LogP) is 3.43. The van der Waals surface area contributed by atoms with Crippen molar-refractivity contribution in [1.29, 1.82) is 0 Å². The third-order valence-electron chi connectivity index (χ3n) is 4.06. The number of rotatable bonds is 7. The molecule has 3 aromatic rings. The molecule has 138 valence electrons. The van der Waals surface area contributed by atoms with Crippen molar-refractivity contribution in [1.82, 2.24) is 19.5 Å². The van der Waals surface area contributed by atoms with E-state index < -0.39 is 0 Å². The molecular weight excluding hydrogens is 350 g/mol. The number of nitrogens with zero attached hydrogens (tertiary/aromatic N) is 4. The van der Waals surface area contributed by atoms with E-state index in [1.165, 1.54) is 11.3 Å². The molecule has 0 aliphatic carbocycles. The van der Waals surface area contributed by atoms with Crippen molar-refractivity contribution in [2.75, 3.05) is 18.5 Å². The van der Waals surface area contributed by atoms with Gasteiger partial charge in [0.25, 0.3) is 0 Å². The van der Waals surface area contributed by atoms with Crippen LogP contribution in [-0.4, -0.2) is 38.6 Å². The molecule has 0 aromatic carbocycles. The highest BCUT2D eigenvalue weighted by atomic mass is 32.1. The Labute approximate surface area is 156 Å². The number of fused-ring (bicyclic) bond motifs is 1. The first-order chi connectivity index (χ1) is 12.5. The maximum Gasteiger partial charge on any atom is 0.348 e. The summed E-state index contributed by atoms with van der Waals surface area (Å²) >= 11 is 1.36. The van der Waals surface area contributed by atoms with E-state index in [0.717, 1.165) is 34.7 Å². The number of hydrogen-bond donors (Lipinski definition) is 1. The molecule has 0 saturated heterocycles. The zero-order chi connectivity index (χ0) is 18.7. The fourth-order valence-electron chi connectivity index (χ4n) is 2.85. The van der Waals surface area contributed by atoms with E-state index in [1.807, 2.05) is 26.4 Å². The molecule has 0 fully saturated rings. The molecule has 26 heavy (non-hydrogen) atoms. The molecule has 0 bridgehead atoms. The molecule has 3 aromatic heterocycles. The van der Waals surface area contributed by atoms with E-state index in [0.29, 0.717) is 23.2 Å². The van der Waals surface area contributed by atoms with Gasteiger partial charge in [-0.1, -0.05) is 6.92 Å². The van der Waals surface area contributed by atoms with Gasteiger partial charge in [0, 0.05) is 25.5 Å². The molecule has 7 nitrogen and oxygen atoms in total. The van der Waals surface area contributed by atoms with Gasteiger partial charge in [0.1, 0.15) is 21.3 Å². The largest absolute Gasteiger partial charge is 0.462 e. The second kappa shape index (κ2) is 7.82. The lowest BCUT2D eigenvalue weighted by atomic mass is 10.1. The van der Waals surface area contributed by atoms with Crippen LogP contribution in [0.25, 0.3) is 10.2 Å². The highest BCUT2D eigenvalue weighted by Gasteiger charge is 2.21. The van der Waals surface area contributed by atoms with Crippen LogP contribution >= 0.6 is 11.3 Å². The van der Waals surface area contributed by atoms with Crippen molar-refractivity contribution in [3.8, 4) is 0 Å². The molecule has 3 heterocycles. The van der Waals surface area contributed by atoms with Crippen molar-refractivity contribution < 1.29 is 9.53 Å². The van der Waals surface area contributed by atoms with Crippen molar-refractivity contribution in [2.24, 2.45) is 5.92 Å². The summed E-state index contributed by atoms with van der Waals surface area (Å²) in [6, 6.07) is 0. The maximum atomic E-state index is 12.2. The summed E-state index contributed by atoms with van der Waals surface area (Å²) in [5, 5.41) is 4.34. The Morgan fingerprint density at radius 2 is 2.19 bits per heavy atom. The van der Waals surface area contributed by atoms with Crippen LogP contribution in [0.5, 0.6) is 0 Å². The monoisotopic (exact) mass is 373 g/mol. The number of thiophene rings is 1. The number of hydrogen-bond acceptors (Lipinski definition) is 7. The first-order valence-corrected chi connectivity index (χ1v) is 9.45. The second-order valence-electron chi connectivity index (χ2n) is 6.32. The number of ether oxygens (including phenoxy) is 1. The number of esters is 1. The van der Waals surface area contributed by atoms with E-state index >= 15 is 0 Å². The SMILES string of the molecule is CCOC(=O)c1sc2nc(C)nc(NCC(C)Cn3ccnc3)c2c1C. The van der Waals surface area contributed by atoms with Crippen molar-refractivity contribution in [2.45, 2.75) is 34.2 Å². The minimum absolute atomic E-state index is 0.301. The number of aryl methyl sites for hydroxylation is 2. The van der Waals surface area contributed by atoms with Gasteiger partial charge < -0.3 is 14.6 Å². The molecule has 0 aliphatic rings. The Morgan fingerprint density at radius 1 is 1.38 bits per heavy atom. The van der Waals surface area contributed by atoms with Crippen LogP contribution in [0.2, 0.25) is 0 Å². The second-order valence-corrected chi connectivity index (χ2v) is 7.32. The molecule has 1 atom stereocenters. The van der Waals surface area contributed by atoms with Gasteiger partial charge in [-0.2, -0.15) is 0 Å². The van der Waals surface area contributed by atoms with Gasteiger partial charge in [-0.25, -0.2) is 19.7 Å². The fraction of sp³-hybridized carbons (Fsp3) is 0.444. The molecule has 0 spiro atoms. The van der Waals surface area contributed by atoms with E-state index in [-0.39, 0.29) is 5.97 Å². The standard InChI is InChI=1S/C18H23N5O2S/c1-5-25-18(24)15-12(3)14-16(21-13(4)22-17(14)26-15)20-8-11(2)9-23-7-6-19-10-23/h6-7,10-11H,5,8-9H2,1-4H3,(H,20,21,22). The van der Waals surface area contributed by atoms with Crippen LogP contribution in [0.3, 0.4) is 0 Å². The van der Waals surface area contributed by atoms with E-state index in [4.69, 9.17) is 4.74 Å². The number of nitrogens with one attached hydrogen (secondary N) is 1. The summed E-state index contributed by atoms with van der Waals surface area (Å²) in [4.78, 5) is 26.7. The van der Waals surface area contributed by atoms with Gasteiger partial charge in [-0.3, -0.25) is 0 Å². The van der Waals surface area contributed by atoms with Crippen molar-refractivity contribution >= 4 is 33.3 Å². The van der Waals surface area contributed by atoms with Crippen LogP contribution in [0.4, 0.5) is 5.82 Å². The van der Waals surface area contributed by atoms with Crippen LogP contribution in [0.1, 0.15) is 34.9 Å². The minimum atomic E-state index is -0.301. The van der Waals surface area contributed by atoms with Gasteiger partial charge in [0.15, 0.2) is 0 Å². The zero-order valence-electron chi connectivity index (χ0n) is 15.4. The van der Waals surface area contributed by atoms with Crippen LogP contribution in [0.15, 0.2) is 18.7 Å². The van der Waals surface area contributed by atoms with Gasteiger partial charge in [-0.05, 0) is 32.3 Å². The lowest BCUT2D eigenvalue weighted by Gasteiger charge is -2.14. The molecule has 0 aliphatic heterocycles. The van der Waals surface area contributed by atoms with E-state index in [1.54, 1.807) is 13.1 Å². The Balaban J connectivity index is 1.84. The molecule has 0 amide bonds. The van der Waals surface area contributed by atoms with E-state index in [9.17, 15) is 4.79 Å². The summed E-state index contributed by atoms with van der Waals surface area (Å²) in [7, 11) is 0. The Kier molecular flexibility index (Phi) is 5.51. The van der Waals surface area contributed by atoms with Crippen LogP contribution in [0, 0.1) is 19.8 Å². The number of carbonyl (C=O) groups is 1. The molecule has 8 heteroatoms. The number of carbonyl (C=O) groups excluding carboxylic acids is 1. The third-order valence-corrected chi connectivity index (χ3v) is 5.23. The fourth-order valence-corrected chi connectivity index (χ4v) is 3.98. The quantitative estimate of drug-likeness (QED) is 0.639. The number of anilines is 1. The first kappa shape index (κ1) is 18.3. The highest BCUT2D eigenvalue weighted by molar-refractivity contribution is 7.20. The van der Waals surface area contributed by atoms with Gasteiger partial charge in [0.2, 0.25) is 0 Å². The maximum absolute atomic E-state index is 12.2. The molecule has 0 saturated carbocycles. The lowest BCUT2D eigenvalue weighted by molar-refractivity contribution is 0.0531. The van der Waals surface area contributed by atoms with E-state index in [2.05, 4.69) is 31.8 Å². The minimum Gasteiger partial charge on any atom is -0.462 e. The topological polar surface area (TPSA) is 81.9 Å². The number of aromatic nitrogens is 4. The Morgan fingerprint density at radius 3 is 2.88 bits per heavy atom.